The molecule has 3 aromatic rings. The lowest BCUT2D eigenvalue weighted by atomic mass is 9.71. The van der Waals surface area contributed by atoms with Crippen LogP contribution in [-0.2, 0) is 20.9 Å². The van der Waals surface area contributed by atoms with Gasteiger partial charge in [0.2, 0.25) is 5.91 Å². The zero-order valence-electron chi connectivity index (χ0n) is 22.7. The van der Waals surface area contributed by atoms with Gasteiger partial charge in [0.05, 0.1) is 24.4 Å². The summed E-state index contributed by atoms with van der Waals surface area (Å²) in [4.78, 5) is 35.9. The Balaban J connectivity index is 1.05. The summed E-state index contributed by atoms with van der Waals surface area (Å²) in [5.74, 6) is 2.21. The molecule has 10 heteroatoms. The monoisotopic (exact) mass is 548 g/mol. The maximum absolute atomic E-state index is 13.1. The Bertz CT molecular complexity index is 1370. The Kier molecular flexibility index (Phi) is 6.32. The van der Waals surface area contributed by atoms with Gasteiger partial charge in [-0.3, -0.25) is 9.78 Å². The molecule has 1 amide bonds. The number of amides is 1. The van der Waals surface area contributed by atoms with Gasteiger partial charge >= 0.3 is 0 Å². The van der Waals surface area contributed by atoms with Crippen LogP contribution in [0.4, 0.5) is 5.82 Å². The molecule has 4 fully saturated rings. The van der Waals surface area contributed by atoms with Crippen molar-refractivity contribution in [3.05, 3.63) is 41.4 Å². The largest absolute Gasteiger partial charge is 0.381 e. The molecule has 0 aromatic carbocycles. The summed E-state index contributed by atoms with van der Waals surface area (Å²) in [6, 6.07) is 6.29. The number of pyridine rings is 1. The molecular formula is C29H36N6O3S. The van der Waals surface area contributed by atoms with Crippen molar-refractivity contribution in [3.8, 4) is 0 Å². The van der Waals surface area contributed by atoms with Crippen LogP contribution in [0.1, 0.15) is 50.4 Å². The van der Waals surface area contributed by atoms with E-state index in [1.54, 1.807) is 17.7 Å². The average Bonchev–Trinajstić information content (AvgIpc) is 3.25. The van der Waals surface area contributed by atoms with E-state index in [-0.39, 0.29) is 16.7 Å². The maximum Gasteiger partial charge on any atom is 0.226 e. The second-order valence-corrected chi connectivity index (χ2v) is 13.4. The lowest BCUT2D eigenvalue weighted by Crippen LogP contribution is -2.63. The fourth-order valence-electron chi connectivity index (χ4n) is 6.77. The number of ether oxygens (including phenoxy) is 2. The van der Waals surface area contributed by atoms with Gasteiger partial charge in [0.1, 0.15) is 11.0 Å². The molecule has 3 aromatic heterocycles. The molecule has 0 bridgehead atoms. The molecule has 2 atom stereocenters. The normalized spacial score (nSPS) is 25.8. The molecule has 1 saturated carbocycles. The number of carbonyl (C=O) groups excluding carboxylic acids is 1. The number of thiazole rings is 1. The summed E-state index contributed by atoms with van der Waals surface area (Å²) in [6.45, 7) is 10.4. The molecule has 6 heterocycles. The molecule has 3 saturated heterocycles. The van der Waals surface area contributed by atoms with E-state index in [4.69, 9.17) is 14.5 Å². The molecule has 206 valence electrons. The number of rotatable bonds is 7. The molecule has 7 rings (SSSR count). The second kappa shape index (κ2) is 9.74. The van der Waals surface area contributed by atoms with Gasteiger partial charge in [0.15, 0.2) is 11.5 Å². The number of carbonyl (C=O) groups is 1. The zero-order valence-corrected chi connectivity index (χ0v) is 23.5. The summed E-state index contributed by atoms with van der Waals surface area (Å²) >= 11 is 1.58. The number of aromatic nitrogens is 4. The minimum absolute atomic E-state index is 0.00796. The molecule has 9 nitrogen and oxygen atoms in total. The van der Waals surface area contributed by atoms with E-state index in [1.807, 2.05) is 5.51 Å². The Morgan fingerprint density at radius 1 is 1.15 bits per heavy atom. The zero-order chi connectivity index (χ0) is 26.6. The van der Waals surface area contributed by atoms with Crippen LogP contribution in [-0.4, -0.2) is 76.7 Å². The predicted molar refractivity (Wildman–Crippen MR) is 149 cm³/mol. The quantitative estimate of drug-likeness (QED) is 0.439. The Labute approximate surface area is 233 Å². The molecule has 1 aliphatic carbocycles. The molecule has 0 N–H and O–H groups in total. The fourth-order valence-corrected chi connectivity index (χ4v) is 7.53. The van der Waals surface area contributed by atoms with Crippen molar-refractivity contribution in [1.82, 2.24) is 24.8 Å². The summed E-state index contributed by atoms with van der Waals surface area (Å²) in [7, 11) is 0. The molecule has 1 unspecified atom stereocenters. The molecule has 39 heavy (non-hydrogen) atoms. The van der Waals surface area contributed by atoms with Crippen LogP contribution in [0.3, 0.4) is 0 Å². The molecular weight excluding hydrogens is 512 g/mol. The van der Waals surface area contributed by atoms with Gasteiger partial charge in [-0.1, -0.05) is 19.9 Å². The van der Waals surface area contributed by atoms with Crippen molar-refractivity contribution in [2.75, 3.05) is 50.9 Å². The lowest BCUT2D eigenvalue weighted by Gasteiger charge is -2.51. The highest BCUT2D eigenvalue weighted by Crippen LogP contribution is 2.55. The minimum Gasteiger partial charge on any atom is -0.381 e. The molecule has 3 aliphatic heterocycles. The molecule has 0 radical (unpaired) electrons. The fraction of sp³-hybridized carbons (Fsp3) is 0.621. The molecule has 1 spiro atoms. The number of hydrogen-bond donors (Lipinski definition) is 0. The average molecular weight is 549 g/mol. The van der Waals surface area contributed by atoms with Crippen LogP contribution in [0.2, 0.25) is 0 Å². The first-order valence-corrected chi connectivity index (χ1v) is 15.0. The van der Waals surface area contributed by atoms with E-state index in [9.17, 15) is 4.79 Å². The summed E-state index contributed by atoms with van der Waals surface area (Å²) < 4.78 is 12.9. The van der Waals surface area contributed by atoms with Gasteiger partial charge in [-0.05, 0) is 36.8 Å². The van der Waals surface area contributed by atoms with Gasteiger partial charge in [0.25, 0.3) is 0 Å². The van der Waals surface area contributed by atoms with Crippen molar-refractivity contribution in [3.63, 3.8) is 0 Å². The van der Waals surface area contributed by atoms with E-state index in [0.717, 1.165) is 86.2 Å². The van der Waals surface area contributed by atoms with Crippen LogP contribution < -0.4 is 4.90 Å². The SMILES string of the molecule is CC1(C)C[C@@H]1C(=O)N1CC2(C1)CN(c1ncnc3ncsc13)CC2COCc1cccc(C2CCOCC2)n1. The summed E-state index contributed by atoms with van der Waals surface area (Å²) in [5.41, 5.74) is 4.86. The van der Waals surface area contributed by atoms with E-state index < -0.39 is 0 Å². The minimum atomic E-state index is 0.00796. The third-order valence-corrected chi connectivity index (χ3v) is 10.2. The molecule has 4 aliphatic rings. The van der Waals surface area contributed by atoms with Gasteiger partial charge in [-0.25, -0.2) is 15.0 Å². The van der Waals surface area contributed by atoms with Crippen LogP contribution in [0.5, 0.6) is 0 Å². The third-order valence-electron chi connectivity index (χ3n) is 9.40. The van der Waals surface area contributed by atoms with Crippen LogP contribution in [0.25, 0.3) is 10.3 Å². The van der Waals surface area contributed by atoms with Crippen molar-refractivity contribution >= 4 is 33.4 Å². The summed E-state index contributed by atoms with van der Waals surface area (Å²) in [6.07, 6.45) is 4.66. The van der Waals surface area contributed by atoms with Crippen molar-refractivity contribution in [2.45, 2.75) is 45.6 Å². The Hall–Kier alpha value is -2.69. The first-order valence-electron chi connectivity index (χ1n) is 14.1. The second-order valence-electron chi connectivity index (χ2n) is 12.5. The van der Waals surface area contributed by atoms with Crippen molar-refractivity contribution < 1.29 is 14.3 Å². The Morgan fingerprint density at radius 2 is 1.97 bits per heavy atom. The van der Waals surface area contributed by atoms with Gasteiger partial charge < -0.3 is 19.3 Å². The van der Waals surface area contributed by atoms with Gasteiger partial charge in [0, 0.05) is 68.3 Å². The number of fused-ring (bicyclic) bond motifs is 1. The number of likely N-dealkylation sites (tertiary alicyclic amines) is 1. The van der Waals surface area contributed by atoms with E-state index in [0.29, 0.717) is 31.0 Å². The highest BCUT2D eigenvalue weighted by molar-refractivity contribution is 7.17. The number of anilines is 1. The van der Waals surface area contributed by atoms with Gasteiger partial charge in [-0.15, -0.1) is 11.3 Å². The van der Waals surface area contributed by atoms with E-state index in [2.05, 4.69) is 56.8 Å². The number of hydrogen-bond acceptors (Lipinski definition) is 9. The van der Waals surface area contributed by atoms with E-state index >= 15 is 0 Å². The topological polar surface area (TPSA) is 93.6 Å². The summed E-state index contributed by atoms with van der Waals surface area (Å²) in [5, 5.41) is 0. The van der Waals surface area contributed by atoms with Crippen LogP contribution in [0, 0.1) is 22.7 Å². The first-order chi connectivity index (χ1) is 18.9. The number of nitrogens with zero attached hydrogens (tertiary/aromatic N) is 6. The van der Waals surface area contributed by atoms with Gasteiger partial charge in [-0.2, -0.15) is 0 Å². The smallest absolute Gasteiger partial charge is 0.226 e. The standard InChI is InChI=1S/C29H36N6O3S/c1-28(2)10-22(28)27(36)35-15-29(16-35)14-34(26-24-25(30-17-31-26)32-18-39-24)11-20(29)12-38-13-21-4-3-5-23(33-21)19-6-8-37-9-7-19/h3-5,17-20,22H,6-16H2,1-2H3/t20?,22-/m1/s1. The van der Waals surface area contributed by atoms with Crippen LogP contribution >= 0.6 is 11.3 Å². The Morgan fingerprint density at radius 3 is 2.77 bits per heavy atom. The third kappa shape index (κ3) is 4.70. The first kappa shape index (κ1) is 25.3. The van der Waals surface area contributed by atoms with Crippen molar-refractivity contribution in [2.24, 2.45) is 22.7 Å². The predicted octanol–water partition coefficient (Wildman–Crippen LogP) is 3.90. The van der Waals surface area contributed by atoms with E-state index in [1.165, 1.54) is 0 Å². The maximum atomic E-state index is 13.1. The van der Waals surface area contributed by atoms with Crippen molar-refractivity contribution in [1.29, 1.82) is 0 Å². The highest BCUT2D eigenvalue weighted by Gasteiger charge is 2.60. The lowest BCUT2D eigenvalue weighted by molar-refractivity contribution is -0.148. The highest BCUT2D eigenvalue weighted by atomic mass is 32.1. The van der Waals surface area contributed by atoms with Crippen LogP contribution in [0.15, 0.2) is 30.0 Å².